The molecule has 102 valence electrons. The average Bonchev–Trinajstić information content (AvgIpc) is 2.76. The Balaban J connectivity index is 2.01. The van der Waals surface area contributed by atoms with Crippen molar-refractivity contribution < 1.29 is 0 Å². The smallest absolute Gasteiger partial charge is 0.0524 e. The van der Waals surface area contributed by atoms with E-state index in [1.54, 1.807) is 0 Å². The highest BCUT2D eigenvalue weighted by atomic mass is 15.3. The maximum Gasteiger partial charge on any atom is 0.0524 e. The Hall–Kier alpha value is -1.57. The average molecular weight is 256 g/mol. The van der Waals surface area contributed by atoms with Crippen molar-refractivity contribution in [2.24, 2.45) is 13.0 Å². The van der Waals surface area contributed by atoms with Crippen molar-refractivity contribution in [3.63, 3.8) is 0 Å². The van der Waals surface area contributed by atoms with Gasteiger partial charge < -0.3 is 0 Å². The van der Waals surface area contributed by atoms with E-state index in [9.17, 15) is 0 Å². The standard InChI is InChI=1S/C17H24N2/c1-14(2)9-11-16-13-18-19(3)17(16)12-10-15-7-5-4-6-8-15/h4-8,13-14H,9-12H2,1-3H3. The van der Waals surface area contributed by atoms with Gasteiger partial charge in [-0.25, -0.2) is 0 Å². The van der Waals surface area contributed by atoms with Gasteiger partial charge in [0.1, 0.15) is 0 Å². The molecule has 1 aromatic carbocycles. The summed E-state index contributed by atoms with van der Waals surface area (Å²) in [6.45, 7) is 4.56. The minimum atomic E-state index is 0.752. The van der Waals surface area contributed by atoms with Crippen molar-refractivity contribution in [1.29, 1.82) is 0 Å². The van der Waals surface area contributed by atoms with Crippen molar-refractivity contribution >= 4 is 0 Å². The van der Waals surface area contributed by atoms with Crippen LogP contribution in [-0.2, 0) is 26.3 Å². The Labute approximate surface area is 116 Å². The molecule has 0 aliphatic carbocycles. The van der Waals surface area contributed by atoms with Crippen LogP contribution in [0.3, 0.4) is 0 Å². The van der Waals surface area contributed by atoms with Gasteiger partial charge in [-0.2, -0.15) is 5.10 Å². The number of hydrogen-bond acceptors (Lipinski definition) is 1. The summed E-state index contributed by atoms with van der Waals surface area (Å²) in [6, 6.07) is 10.7. The molecule has 0 aliphatic rings. The molecule has 0 N–H and O–H groups in total. The second-order valence-electron chi connectivity index (χ2n) is 5.66. The van der Waals surface area contributed by atoms with Crippen LogP contribution in [0.4, 0.5) is 0 Å². The first-order valence-electron chi connectivity index (χ1n) is 7.20. The topological polar surface area (TPSA) is 17.8 Å². The zero-order valence-electron chi connectivity index (χ0n) is 12.3. The Morgan fingerprint density at radius 2 is 1.79 bits per heavy atom. The number of aromatic nitrogens is 2. The van der Waals surface area contributed by atoms with Crippen LogP contribution in [0.25, 0.3) is 0 Å². The monoisotopic (exact) mass is 256 g/mol. The van der Waals surface area contributed by atoms with Crippen molar-refractivity contribution in [3.05, 3.63) is 53.3 Å². The second-order valence-corrected chi connectivity index (χ2v) is 5.66. The molecule has 0 saturated carbocycles. The molecule has 0 spiro atoms. The summed E-state index contributed by atoms with van der Waals surface area (Å²) in [6.07, 6.45) is 6.60. The summed E-state index contributed by atoms with van der Waals surface area (Å²) < 4.78 is 2.04. The van der Waals surface area contributed by atoms with Gasteiger partial charge in [0.05, 0.1) is 6.20 Å². The molecule has 19 heavy (non-hydrogen) atoms. The summed E-state index contributed by atoms with van der Waals surface area (Å²) >= 11 is 0. The minimum absolute atomic E-state index is 0.752. The van der Waals surface area contributed by atoms with Gasteiger partial charge in [0.15, 0.2) is 0 Å². The number of nitrogens with zero attached hydrogens (tertiary/aromatic N) is 2. The van der Waals surface area contributed by atoms with Crippen LogP contribution in [-0.4, -0.2) is 9.78 Å². The molecule has 0 aliphatic heterocycles. The van der Waals surface area contributed by atoms with Gasteiger partial charge in [0, 0.05) is 12.7 Å². The fourth-order valence-corrected chi connectivity index (χ4v) is 2.39. The zero-order chi connectivity index (χ0) is 13.7. The van der Waals surface area contributed by atoms with Gasteiger partial charge in [-0.15, -0.1) is 0 Å². The highest BCUT2D eigenvalue weighted by Gasteiger charge is 2.09. The molecule has 2 aromatic rings. The van der Waals surface area contributed by atoms with E-state index in [0.717, 1.165) is 25.2 Å². The van der Waals surface area contributed by atoms with Crippen LogP contribution in [0.1, 0.15) is 37.1 Å². The minimum Gasteiger partial charge on any atom is -0.272 e. The fraction of sp³-hybridized carbons (Fsp3) is 0.471. The molecule has 0 bridgehead atoms. The number of hydrogen-bond donors (Lipinski definition) is 0. The van der Waals surface area contributed by atoms with E-state index >= 15 is 0 Å². The van der Waals surface area contributed by atoms with Crippen LogP contribution in [0, 0.1) is 5.92 Å². The van der Waals surface area contributed by atoms with Gasteiger partial charge in [-0.3, -0.25) is 4.68 Å². The molecule has 0 saturated heterocycles. The Kier molecular flexibility index (Phi) is 4.78. The molecule has 0 amide bonds. The molecular weight excluding hydrogens is 232 g/mol. The first kappa shape index (κ1) is 13.9. The maximum absolute atomic E-state index is 4.42. The quantitative estimate of drug-likeness (QED) is 0.769. The lowest BCUT2D eigenvalue weighted by atomic mass is 10.00. The zero-order valence-corrected chi connectivity index (χ0v) is 12.3. The third-order valence-corrected chi connectivity index (χ3v) is 3.63. The number of aryl methyl sites for hydroxylation is 3. The predicted molar refractivity (Wildman–Crippen MR) is 80.2 cm³/mol. The van der Waals surface area contributed by atoms with E-state index in [-0.39, 0.29) is 0 Å². The third-order valence-electron chi connectivity index (χ3n) is 3.63. The van der Waals surface area contributed by atoms with Gasteiger partial charge in [-0.1, -0.05) is 44.2 Å². The van der Waals surface area contributed by atoms with Gasteiger partial charge in [0.2, 0.25) is 0 Å². The Morgan fingerprint density at radius 1 is 1.05 bits per heavy atom. The number of benzene rings is 1. The molecular formula is C17H24N2. The molecule has 2 heteroatoms. The molecule has 1 heterocycles. The maximum atomic E-state index is 4.42. The largest absolute Gasteiger partial charge is 0.272 e. The van der Waals surface area contributed by atoms with Crippen LogP contribution in [0.5, 0.6) is 0 Å². The summed E-state index contributed by atoms with van der Waals surface area (Å²) in [5.74, 6) is 0.752. The van der Waals surface area contributed by atoms with E-state index in [1.807, 2.05) is 10.9 Å². The van der Waals surface area contributed by atoms with Crippen LogP contribution >= 0.6 is 0 Å². The lowest BCUT2D eigenvalue weighted by Crippen LogP contribution is -2.04. The number of rotatable bonds is 6. The van der Waals surface area contributed by atoms with Gasteiger partial charge in [-0.05, 0) is 42.7 Å². The molecule has 0 radical (unpaired) electrons. The van der Waals surface area contributed by atoms with Crippen LogP contribution in [0.2, 0.25) is 0 Å². The van der Waals surface area contributed by atoms with Crippen molar-refractivity contribution in [3.8, 4) is 0 Å². The molecule has 0 unspecified atom stereocenters. The molecule has 2 nitrogen and oxygen atoms in total. The van der Waals surface area contributed by atoms with E-state index < -0.39 is 0 Å². The van der Waals surface area contributed by atoms with Gasteiger partial charge in [0.25, 0.3) is 0 Å². The normalized spacial score (nSPS) is 11.2. The SMILES string of the molecule is CC(C)CCc1cnn(C)c1CCc1ccccc1. The summed E-state index contributed by atoms with van der Waals surface area (Å²) in [5, 5.41) is 4.42. The lowest BCUT2D eigenvalue weighted by molar-refractivity contribution is 0.583. The van der Waals surface area contributed by atoms with Crippen molar-refractivity contribution in [2.45, 2.75) is 39.5 Å². The third kappa shape index (κ3) is 3.95. The Morgan fingerprint density at radius 3 is 2.47 bits per heavy atom. The molecule has 0 fully saturated rings. The molecule has 2 rings (SSSR count). The van der Waals surface area contributed by atoms with Gasteiger partial charge >= 0.3 is 0 Å². The molecule has 1 aromatic heterocycles. The summed E-state index contributed by atoms with van der Waals surface area (Å²) in [7, 11) is 2.05. The fourth-order valence-electron chi connectivity index (χ4n) is 2.39. The summed E-state index contributed by atoms with van der Waals surface area (Å²) in [5.41, 5.74) is 4.22. The van der Waals surface area contributed by atoms with Crippen LogP contribution in [0.15, 0.2) is 36.5 Å². The van der Waals surface area contributed by atoms with Crippen molar-refractivity contribution in [2.75, 3.05) is 0 Å². The summed E-state index contributed by atoms with van der Waals surface area (Å²) in [4.78, 5) is 0. The highest BCUT2D eigenvalue weighted by molar-refractivity contribution is 5.21. The van der Waals surface area contributed by atoms with E-state index in [1.165, 1.54) is 23.2 Å². The van der Waals surface area contributed by atoms with E-state index in [4.69, 9.17) is 0 Å². The lowest BCUT2D eigenvalue weighted by Gasteiger charge is -2.08. The van der Waals surface area contributed by atoms with Crippen LogP contribution < -0.4 is 0 Å². The predicted octanol–water partition coefficient (Wildman–Crippen LogP) is 3.79. The molecule has 0 atom stereocenters. The van der Waals surface area contributed by atoms with E-state index in [0.29, 0.717) is 0 Å². The first-order valence-corrected chi connectivity index (χ1v) is 7.20. The van der Waals surface area contributed by atoms with Crippen molar-refractivity contribution in [1.82, 2.24) is 9.78 Å². The first-order chi connectivity index (χ1) is 9.16. The highest BCUT2D eigenvalue weighted by Crippen LogP contribution is 2.15. The van der Waals surface area contributed by atoms with E-state index in [2.05, 4.69) is 56.3 Å². The Bertz CT molecular complexity index is 497. The second kappa shape index (κ2) is 6.55.